The van der Waals surface area contributed by atoms with Gasteiger partial charge in [-0.1, -0.05) is 30.3 Å². The lowest BCUT2D eigenvalue weighted by Crippen LogP contribution is -2.09. The molecule has 0 saturated carbocycles. The Balaban J connectivity index is 2.08. The molecule has 2 nitrogen and oxygen atoms in total. The molecule has 1 heterocycles. The molecule has 2 aromatic rings. The van der Waals surface area contributed by atoms with Gasteiger partial charge < -0.3 is 5.32 Å². The summed E-state index contributed by atoms with van der Waals surface area (Å²) < 4.78 is 37.2. The van der Waals surface area contributed by atoms with Gasteiger partial charge >= 0.3 is 6.18 Å². The Morgan fingerprint density at radius 1 is 1.05 bits per heavy atom. The third-order valence-electron chi connectivity index (χ3n) is 2.75. The maximum atomic E-state index is 12.4. The zero-order valence-corrected chi connectivity index (χ0v) is 10.3. The van der Waals surface area contributed by atoms with E-state index in [2.05, 4.69) is 10.3 Å². The van der Waals surface area contributed by atoms with Gasteiger partial charge in [0.25, 0.3) is 0 Å². The molecule has 0 spiro atoms. The summed E-state index contributed by atoms with van der Waals surface area (Å²) in [5.41, 5.74) is 0.301. The average molecular weight is 266 g/mol. The highest BCUT2D eigenvalue weighted by Crippen LogP contribution is 2.29. The zero-order chi connectivity index (χ0) is 13.9. The van der Waals surface area contributed by atoms with E-state index >= 15 is 0 Å². The van der Waals surface area contributed by atoms with E-state index in [9.17, 15) is 13.2 Å². The van der Waals surface area contributed by atoms with Crippen LogP contribution in [0.25, 0.3) is 0 Å². The number of rotatable bonds is 3. The van der Waals surface area contributed by atoms with Crippen molar-refractivity contribution in [2.45, 2.75) is 19.1 Å². The first-order valence-electron chi connectivity index (χ1n) is 5.81. The predicted molar refractivity (Wildman–Crippen MR) is 67.7 cm³/mol. The van der Waals surface area contributed by atoms with Gasteiger partial charge in [-0.2, -0.15) is 13.2 Å². The molecule has 0 aliphatic heterocycles. The van der Waals surface area contributed by atoms with Crippen LogP contribution in [0.4, 0.5) is 19.0 Å². The van der Waals surface area contributed by atoms with E-state index in [0.717, 1.165) is 17.8 Å². The summed E-state index contributed by atoms with van der Waals surface area (Å²) in [6.45, 7) is 1.93. The number of aromatic nitrogens is 1. The molecule has 100 valence electrons. The lowest BCUT2D eigenvalue weighted by molar-refractivity contribution is -0.137. The first kappa shape index (κ1) is 13.4. The molecular weight excluding hydrogens is 253 g/mol. The number of hydrogen-bond donors (Lipinski definition) is 1. The monoisotopic (exact) mass is 266 g/mol. The number of pyridine rings is 1. The summed E-state index contributed by atoms with van der Waals surface area (Å²) in [5.74, 6) is 0.421. The molecular formula is C14H13F3N2. The van der Waals surface area contributed by atoms with Crippen LogP contribution in [0.1, 0.15) is 24.1 Å². The van der Waals surface area contributed by atoms with Crippen molar-refractivity contribution in [3.8, 4) is 0 Å². The van der Waals surface area contributed by atoms with Gasteiger partial charge in [-0.15, -0.1) is 0 Å². The molecule has 0 aliphatic carbocycles. The van der Waals surface area contributed by atoms with Gasteiger partial charge in [-0.25, -0.2) is 4.98 Å². The third kappa shape index (κ3) is 3.47. The first-order valence-corrected chi connectivity index (χ1v) is 5.81. The van der Waals surface area contributed by atoms with Gasteiger partial charge in [-0.05, 0) is 24.6 Å². The lowest BCUT2D eigenvalue weighted by atomic mass is 10.1. The Kier molecular flexibility index (Phi) is 3.74. The first-order chi connectivity index (χ1) is 8.97. The molecule has 5 heteroatoms. The standard InChI is InChI=1S/C14H13F3N2/c1-10(11-5-3-2-4-6-11)19-13-8-7-12(9-18-13)14(15,16)17/h2-10H,1H3,(H,18,19)/t10-/m0/s1. The molecule has 1 aromatic carbocycles. The van der Waals surface area contributed by atoms with Crippen molar-refractivity contribution < 1.29 is 13.2 Å². The molecule has 1 N–H and O–H groups in total. The molecule has 0 bridgehead atoms. The van der Waals surface area contributed by atoms with Crippen LogP contribution in [0.2, 0.25) is 0 Å². The van der Waals surface area contributed by atoms with Crippen molar-refractivity contribution in [3.63, 3.8) is 0 Å². The van der Waals surface area contributed by atoms with Crippen LogP contribution in [-0.4, -0.2) is 4.98 Å². The second kappa shape index (κ2) is 5.30. The molecule has 0 amide bonds. The third-order valence-corrected chi connectivity index (χ3v) is 2.75. The van der Waals surface area contributed by atoms with Crippen molar-refractivity contribution in [1.29, 1.82) is 0 Å². The van der Waals surface area contributed by atoms with E-state index < -0.39 is 11.7 Å². The maximum absolute atomic E-state index is 12.4. The normalized spacial score (nSPS) is 13.1. The predicted octanol–water partition coefficient (Wildman–Crippen LogP) is 4.27. The number of anilines is 1. The van der Waals surface area contributed by atoms with Crippen LogP contribution >= 0.6 is 0 Å². The van der Waals surface area contributed by atoms with Crippen molar-refractivity contribution in [1.82, 2.24) is 4.98 Å². The fourth-order valence-electron chi connectivity index (χ4n) is 1.69. The number of benzene rings is 1. The minimum Gasteiger partial charge on any atom is -0.364 e. The molecule has 1 atom stereocenters. The van der Waals surface area contributed by atoms with E-state index in [4.69, 9.17) is 0 Å². The van der Waals surface area contributed by atoms with Gasteiger partial charge in [-0.3, -0.25) is 0 Å². The Hall–Kier alpha value is -2.04. The van der Waals surface area contributed by atoms with Gasteiger partial charge in [0.2, 0.25) is 0 Å². The van der Waals surface area contributed by atoms with Gasteiger partial charge in [0.05, 0.1) is 5.56 Å². The fraction of sp³-hybridized carbons (Fsp3) is 0.214. The summed E-state index contributed by atoms with van der Waals surface area (Å²) in [6.07, 6.45) is -3.52. The van der Waals surface area contributed by atoms with E-state index in [-0.39, 0.29) is 6.04 Å². The molecule has 1 aromatic heterocycles. The Morgan fingerprint density at radius 2 is 1.74 bits per heavy atom. The average Bonchev–Trinajstić information content (AvgIpc) is 2.39. The van der Waals surface area contributed by atoms with Crippen LogP contribution in [-0.2, 0) is 6.18 Å². The molecule has 0 aliphatic rings. The van der Waals surface area contributed by atoms with Crippen molar-refractivity contribution in [2.75, 3.05) is 5.32 Å². The number of nitrogens with zero attached hydrogens (tertiary/aromatic N) is 1. The molecule has 0 fully saturated rings. The Bertz CT molecular complexity index is 521. The highest BCUT2D eigenvalue weighted by Gasteiger charge is 2.30. The molecule has 0 radical (unpaired) electrons. The molecule has 0 unspecified atom stereocenters. The van der Waals surface area contributed by atoms with Crippen LogP contribution in [0.5, 0.6) is 0 Å². The van der Waals surface area contributed by atoms with Crippen molar-refractivity contribution in [3.05, 3.63) is 59.8 Å². The highest BCUT2D eigenvalue weighted by atomic mass is 19.4. The van der Waals surface area contributed by atoms with Gasteiger partial charge in [0.15, 0.2) is 0 Å². The van der Waals surface area contributed by atoms with E-state index in [1.165, 1.54) is 6.07 Å². The number of nitrogens with one attached hydrogen (secondary N) is 1. The van der Waals surface area contributed by atoms with Gasteiger partial charge in [0, 0.05) is 12.2 Å². The smallest absolute Gasteiger partial charge is 0.364 e. The number of hydrogen-bond acceptors (Lipinski definition) is 2. The van der Waals surface area contributed by atoms with Crippen LogP contribution < -0.4 is 5.32 Å². The Morgan fingerprint density at radius 3 is 2.26 bits per heavy atom. The van der Waals surface area contributed by atoms with Crippen molar-refractivity contribution >= 4 is 5.82 Å². The van der Waals surface area contributed by atoms with E-state index in [1.54, 1.807) is 0 Å². The molecule has 0 saturated heterocycles. The zero-order valence-electron chi connectivity index (χ0n) is 10.3. The second-order valence-corrected chi connectivity index (χ2v) is 4.21. The minimum atomic E-state index is -4.35. The fourth-order valence-corrected chi connectivity index (χ4v) is 1.69. The minimum absolute atomic E-state index is 0.0227. The quantitative estimate of drug-likeness (QED) is 0.897. The van der Waals surface area contributed by atoms with Crippen LogP contribution in [0.3, 0.4) is 0 Å². The second-order valence-electron chi connectivity index (χ2n) is 4.21. The van der Waals surface area contributed by atoms with Crippen molar-refractivity contribution in [2.24, 2.45) is 0 Å². The van der Waals surface area contributed by atoms with E-state index in [1.807, 2.05) is 37.3 Å². The highest BCUT2D eigenvalue weighted by molar-refractivity contribution is 5.39. The van der Waals surface area contributed by atoms with Crippen LogP contribution in [0.15, 0.2) is 48.7 Å². The summed E-state index contributed by atoms with van der Waals surface area (Å²) in [7, 11) is 0. The van der Waals surface area contributed by atoms with Crippen LogP contribution in [0, 0.1) is 0 Å². The summed E-state index contributed by atoms with van der Waals surface area (Å²) in [5, 5.41) is 3.06. The maximum Gasteiger partial charge on any atom is 0.417 e. The number of halogens is 3. The largest absolute Gasteiger partial charge is 0.417 e. The summed E-state index contributed by atoms with van der Waals surface area (Å²) in [4.78, 5) is 3.78. The Labute approximate surface area is 109 Å². The summed E-state index contributed by atoms with van der Waals surface area (Å²) >= 11 is 0. The lowest BCUT2D eigenvalue weighted by Gasteiger charge is -2.15. The molecule has 2 rings (SSSR count). The SMILES string of the molecule is C[C@H](Nc1ccc(C(F)(F)F)cn1)c1ccccc1. The number of alkyl halides is 3. The van der Waals surface area contributed by atoms with E-state index in [0.29, 0.717) is 5.82 Å². The van der Waals surface area contributed by atoms with Gasteiger partial charge in [0.1, 0.15) is 5.82 Å². The summed E-state index contributed by atoms with van der Waals surface area (Å²) in [6, 6.07) is 12.0. The molecule has 19 heavy (non-hydrogen) atoms. The topological polar surface area (TPSA) is 24.9 Å².